The number of amides is 1. The van der Waals surface area contributed by atoms with Crippen molar-refractivity contribution in [3.05, 3.63) is 42.1 Å². The molecule has 1 fully saturated rings. The first kappa shape index (κ1) is 13.0. The van der Waals surface area contributed by atoms with E-state index in [9.17, 15) is 4.79 Å². The number of benzene rings is 1. The molecule has 1 aromatic heterocycles. The smallest absolute Gasteiger partial charge is 0.242 e. The highest BCUT2D eigenvalue weighted by atomic mass is 16.5. The van der Waals surface area contributed by atoms with Gasteiger partial charge in [0.25, 0.3) is 0 Å². The fraction of sp³-hybridized carbons (Fsp3) is 0.333. The summed E-state index contributed by atoms with van der Waals surface area (Å²) >= 11 is 0. The van der Waals surface area contributed by atoms with Crippen molar-refractivity contribution in [1.82, 2.24) is 10.3 Å². The molecule has 1 aromatic carbocycles. The summed E-state index contributed by atoms with van der Waals surface area (Å²) in [6, 6.07) is 9.83. The Labute approximate surface area is 117 Å². The van der Waals surface area contributed by atoms with Crippen LogP contribution in [0, 0.1) is 0 Å². The number of hydrogen-bond acceptors (Lipinski definition) is 4. The molecule has 1 amide bonds. The maximum absolute atomic E-state index is 12.1. The Morgan fingerprint density at radius 2 is 2.25 bits per heavy atom. The minimum absolute atomic E-state index is 0.164. The van der Waals surface area contributed by atoms with Crippen LogP contribution in [0.25, 0.3) is 10.9 Å². The molecule has 5 nitrogen and oxygen atoms in total. The van der Waals surface area contributed by atoms with Crippen LogP contribution in [0.2, 0.25) is 0 Å². The third-order valence-electron chi connectivity index (χ3n) is 3.66. The zero-order valence-corrected chi connectivity index (χ0v) is 11.1. The lowest BCUT2D eigenvalue weighted by Gasteiger charge is -2.20. The highest BCUT2D eigenvalue weighted by Gasteiger charge is 2.37. The molecular weight excluding hydrogens is 254 g/mol. The van der Waals surface area contributed by atoms with Gasteiger partial charge in [-0.25, -0.2) is 0 Å². The number of aromatic nitrogens is 1. The van der Waals surface area contributed by atoms with Crippen molar-refractivity contribution in [2.24, 2.45) is 5.73 Å². The van der Waals surface area contributed by atoms with Gasteiger partial charge in [0.15, 0.2) is 0 Å². The molecule has 5 heteroatoms. The number of hydrogen-bond donors (Lipinski definition) is 2. The van der Waals surface area contributed by atoms with Crippen molar-refractivity contribution in [2.75, 3.05) is 13.2 Å². The van der Waals surface area contributed by atoms with E-state index in [0.29, 0.717) is 19.6 Å². The minimum atomic E-state index is -0.891. The minimum Gasteiger partial charge on any atom is -0.379 e. The molecule has 1 saturated heterocycles. The zero-order chi connectivity index (χ0) is 14.0. The molecule has 20 heavy (non-hydrogen) atoms. The average Bonchev–Trinajstić information content (AvgIpc) is 2.93. The number of carbonyl (C=O) groups excluding carboxylic acids is 1. The van der Waals surface area contributed by atoms with E-state index < -0.39 is 5.54 Å². The molecule has 0 radical (unpaired) electrons. The van der Waals surface area contributed by atoms with Gasteiger partial charge in [-0.1, -0.05) is 24.3 Å². The lowest BCUT2D eigenvalue weighted by Crippen LogP contribution is -2.54. The van der Waals surface area contributed by atoms with Crippen LogP contribution in [-0.2, 0) is 16.1 Å². The standard InChI is InChI=1S/C15H17N3O2/c16-15(6-8-20-10-15)14(19)18-9-12-4-1-3-11-5-2-7-17-13(11)12/h1-5,7H,6,8-10,16H2,(H,18,19). The molecule has 3 N–H and O–H groups in total. The largest absolute Gasteiger partial charge is 0.379 e. The van der Waals surface area contributed by atoms with Crippen molar-refractivity contribution >= 4 is 16.8 Å². The molecule has 0 aliphatic carbocycles. The van der Waals surface area contributed by atoms with E-state index in [2.05, 4.69) is 10.3 Å². The van der Waals surface area contributed by atoms with Crippen LogP contribution < -0.4 is 11.1 Å². The first-order chi connectivity index (χ1) is 9.69. The molecule has 1 aliphatic rings. The van der Waals surface area contributed by atoms with Crippen LogP contribution in [0.15, 0.2) is 36.5 Å². The van der Waals surface area contributed by atoms with Gasteiger partial charge in [0, 0.05) is 24.7 Å². The number of rotatable bonds is 3. The molecular formula is C15H17N3O2. The molecule has 0 spiro atoms. The zero-order valence-electron chi connectivity index (χ0n) is 11.1. The summed E-state index contributed by atoms with van der Waals surface area (Å²) in [5.41, 5.74) is 7.03. The second-order valence-electron chi connectivity index (χ2n) is 5.13. The maximum Gasteiger partial charge on any atom is 0.242 e. The first-order valence-corrected chi connectivity index (χ1v) is 6.67. The third-order valence-corrected chi connectivity index (χ3v) is 3.66. The van der Waals surface area contributed by atoms with Crippen molar-refractivity contribution < 1.29 is 9.53 Å². The number of para-hydroxylation sites is 1. The van der Waals surface area contributed by atoms with Gasteiger partial charge in [0.1, 0.15) is 5.54 Å². The predicted octanol–water partition coefficient (Wildman–Crippen LogP) is 0.969. The molecule has 2 heterocycles. The van der Waals surface area contributed by atoms with Gasteiger partial charge >= 0.3 is 0 Å². The monoisotopic (exact) mass is 271 g/mol. The number of nitrogens with zero attached hydrogens (tertiary/aromatic N) is 1. The van der Waals surface area contributed by atoms with Crippen molar-refractivity contribution in [3.8, 4) is 0 Å². The topological polar surface area (TPSA) is 77.2 Å². The van der Waals surface area contributed by atoms with Crippen LogP contribution in [-0.4, -0.2) is 29.6 Å². The summed E-state index contributed by atoms with van der Waals surface area (Å²) in [5.74, 6) is -0.164. The number of ether oxygens (including phenoxy) is 1. The lowest BCUT2D eigenvalue weighted by molar-refractivity contribution is -0.126. The molecule has 0 saturated carbocycles. The molecule has 2 aromatic rings. The summed E-state index contributed by atoms with van der Waals surface area (Å²) in [4.78, 5) is 16.5. The van der Waals surface area contributed by atoms with Gasteiger partial charge < -0.3 is 15.8 Å². The van der Waals surface area contributed by atoms with Crippen LogP contribution in [0.1, 0.15) is 12.0 Å². The van der Waals surface area contributed by atoms with Crippen LogP contribution >= 0.6 is 0 Å². The molecule has 104 valence electrons. The van der Waals surface area contributed by atoms with Gasteiger partial charge in [0.2, 0.25) is 5.91 Å². The number of pyridine rings is 1. The van der Waals surface area contributed by atoms with Gasteiger partial charge in [-0.05, 0) is 18.1 Å². The van der Waals surface area contributed by atoms with Crippen molar-refractivity contribution in [3.63, 3.8) is 0 Å². The fourth-order valence-corrected chi connectivity index (χ4v) is 2.42. The van der Waals surface area contributed by atoms with E-state index in [1.165, 1.54) is 0 Å². The van der Waals surface area contributed by atoms with Crippen LogP contribution in [0.5, 0.6) is 0 Å². The summed E-state index contributed by atoms with van der Waals surface area (Å²) in [6.45, 7) is 1.25. The SMILES string of the molecule is NC1(C(=O)NCc2cccc3cccnc23)CCOC1. The van der Waals surface area contributed by atoms with E-state index >= 15 is 0 Å². The van der Waals surface area contributed by atoms with Crippen LogP contribution in [0.3, 0.4) is 0 Å². The third kappa shape index (κ3) is 2.37. The van der Waals surface area contributed by atoms with E-state index in [1.807, 2.05) is 30.3 Å². The van der Waals surface area contributed by atoms with Gasteiger partial charge in [-0.15, -0.1) is 0 Å². The Morgan fingerprint density at radius 3 is 3.05 bits per heavy atom. The molecule has 3 rings (SSSR count). The van der Waals surface area contributed by atoms with Gasteiger partial charge in [-0.3, -0.25) is 9.78 Å². The Bertz CT molecular complexity index is 631. The Balaban J connectivity index is 1.76. The number of fused-ring (bicyclic) bond motifs is 1. The highest BCUT2D eigenvalue weighted by Crippen LogP contribution is 2.18. The quantitative estimate of drug-likeness (QED) is 0.872. The summed E-state index contributed by atoms with van der Waals surface area (Å²) < 4.78 is 5.21. The second kappa shape index (κ2) is 5.19. The Morgan fingerprint density at radius 1 is 1.40 bits per heavy atom. The first-order valence-electron chi connectivity index (χ1n) is 6.67. The van der Waals surface area contributed by atoms with E-state index in [4.69, 9.17) is 10.5 Å². The normalized spacial score (nSPS) is 22.1. The fourth-order valence-electron chi connectivity index (χ4n) is 2.42. The van der Waals surface area contributed by atoms with E-state index in [0.717, 1.165) is 16.5 Å². The predicted molar refractivity (Wildman–Crippen MR) is 75.9 cm³/mol. The molecule has 1 unspecified atom stereocenters. The van der Waals surface area contributed by atoms with Gasteiger partial charge in [0.05, 0.1) is 12.1 Å². The molecule has 1 aliphatic heterocycles. The number of nitrogens with one attached hydrogen (secondary N) is 1. The average molecular weight is 271 g/mol. The summed E-state index contributed by atoms with van der Waals surface area (Å²) in [5, 5.41) is 3.95. The van der Waals surface area contributed by atoms with E-state index in [1.54, 1.807) is 6.20 Å². The number of carbonyl (C=O) groups is 1. The summed E-state index contributed by atoms with van der Waals surface area (Å²) in [6.07, 6.45) is 2.31. The highest BCUT2D eigenvalue weighted by molar-refractivity contribution is 5.87. The Hall–Kier alpha value is -1.98. The molecule has 0 bridgehead atoms. The summed E-state index contributed by atoms with van der Waals surface area (Å²) in [7, 11) is 0. The van der Waals surface area contributed by atoms with Crippen molar-refractivity contribution in [2.45, 2.75) is 18.5 Å². The van der Waals surface area contributed by atoms with Crippen LogP contribution in [0.4, 0.5) is 0 Å². The molecule has 1 atom stereocenters. The Kier molecular flexibility index (Phi) is 3.38. The van der Waals surface area contributed by atoms with Crippen molar-refractivity contribution in [1.29, 1.82) is 0 Å². The lowest BCUT2D eigenvalue weighted by atomic mass is 9.99. The van der Waals surface area contributed by atoms with Gasteiger partial charge in [-0.2, -0.15) is 0 Å². The second-order valence-corrected chi connectivity index (χ2v) is 5.13. The van der Waals surface area contributed by atoms with E-state index in [-0.39, 0.29) is 12.5 Å². The number of nitrogens with two attached hydrogens (primary N) is 1. The maximum atomic E-state index is 12.1.